The molecule has 3 N–H and O–H groups in total. The third-order valence-corrected chi connectivity index (χ3v) is 2.09. The van der Waals surface area contributed by atoms with Gasteiger partial charge in [-0.15, -0.1) is 0 Å². The van der Waals surface area contributed by atoms with Crippen LogP contribution >= 0.6 is 0 Å². The molecule has 16 heavy (non-hydrogen) atoms. The van der Waals surface area contributed by atoms with Crippen LogP contribution in [-0.4, -0.2) is 35.2 Å². The van der Waals surface area contributed by atoms with Gasteiger partial charge in [0.15, 0.2) is 5.65 Å². The monoisotopic (exact) mass is 219 g/mol. The lowest BCUT2D eigenvalue weighted by Gasteiger charge is -2.06. The molecule has 6 nitrogen and oxygen atoms in total. The number of hydrogen-bond acceptors (Lipinski definition) is 6. The number of anilines is 2. The van der Waals surface area contributed by atoms with Gasteiger partial charge in [0.25, 0.3) is 0 Å². The Balaban J connectivity index is 2.27. The first-order chi connectivity index (χ1) is 7.81. The topological polar surface area (TPSA) is 86.0 Å². The summed E-state index contributed by atoms with van der Waals surface area (Å²) < 4.78 is 4.92. The molecule has 0 aromatic carbocycles. The molecule has 0 atom stereocenters. The minimum absolute atomic E-state index is 0.429. The predicted molar refractivity (Wildman–Crippen MR) is 62.1 cm³/mol. The minimum atomic E-state index is 0.429. The molecule has 6 heteroatoms. The molecule has 0 amide bonds. The van der Waals surface area contributed by atoms with Crippen LogP contribution < -0.4 is 11.1 Å². The van der Waals surface area contributed by atoms with Crippen molar-refractivity contribution in [3.05, 3.63) is 18.3 Å². The van der Waals surface area contributed by atoms with E-state index in [4.69, 9.17) is 10.5 Å². The summed E-state index contributed by atoms with van der Waals surface area (Å²) in [4.78, 5) is 12.5. The van der Waals surface area contributed by atoms with E-state index in [1.54, 1.807) is 19.4 Å². The summed E-state index contributed by atoms with van der Waals surface area (Å²) in [5.41, 5.74) is 6.39. The molecule has 0 spiro atoms. The molecule has 0 aliphatic rings. The molecule has 0 fully saturated rings. The number of nitrogens with zero attached hydrogens (tertiary/aromatic N) is 3. The Morgan fingerprint density at radius 2 is 2.31 bits per heavy atom. The highest BCUT2D eigenvalue weighted by atomic mass is 16.5. The third kappa shape index (κ3) is 2.17. The first-order valence-electron chi connectivity index (χ1n) is 4.92. The first kappa shape index (κ1) is 10.6. The highest BCUT2D eigenvalue weighted by Gasteiger charge is 2.04. The predicted octanol–water partition coefficient (Wildman–Crippen LogP) is 0.665. The number of pyridine rings is 1. The summed E-state index contributed by atoms with van der Waals surface area (Å²) in [5, 5.41) is 3.78. The molecule has 2 aromatic rings. The maximum atomic E-state index is 5.80. The second kappa shape index (κ2) is 4.71. The van der Waals surface area contributed by atoms with E-state index in [0.717, 1.165) is 5.39 Å². The maximum absolute atomic E-state index is 5.80. The molecule has 0 saturated heterocycles. The number of methoxy groups -OCH3 is 1. The summed E-state index contributed by atoms with van der Waals surface area (Å²) in [6.45, 7) is 1.22. The molecular formula is C10H13N5O. The van der Waals surface area contributed by atoms with Crippen LogP contribution in [0.25, 0.3) is 11.0 Å². The molecule has 2 rings (SSSR count). The van der Waals surface area contributed by atoms with Crippen molar-refractivity contribution in [1.29, 1.82) is 0 Å². The van der Waals surface area contributed by atoms with Crippen molar-refractivity contribution >= 4 is 22.8 Å². The Kier molecular flexibility index (Phi) is 3.11. The van der Waals surface area contributed by atoms with Gasteiger partial charge in [-0.3, -0.25) is 0 Å². The molecule has 0 saturated carbocycles. The molecule has 0 bridgehead atoms. The number of aromatic nitrogens is 3. The van der Waals surface area contributed by atoms with Crippen molar-refractivity contribution in [2.24, 2.45) is 0 Å². The van der Waals surface area contributed by atoms with Gasteiger partial charge in [-0.2, -0.15) is 9.97 Å². The van der Waals surface area contributed by atoms with Gasteiger partial charge in [-0.1, -0.05) is 0 Å². The number of nitrogens with two attached hydrogens (primary N) is 1. The van der Waals surface area contributed by atoms with Crippen molar-refractivity contribution in [1.82, 2.24) is 15.0 Å². The zero-order chi connectivity index (χ0) is 11.4. The highest BCUT2D eigenvalue weighted by Crippen LogP contribution is 2.16. The van der Waals surface area contributed by atoms with Crippen LogP contribution in [0, 0.1) is 0 Å². The van der Waals surface area contributed by atoms with Crippen LogP contribution in [0.4, 0.5) is 11.8 Å². The summed E-state index contributed by atoms with van der Waals surface area (Å²) in [5.74, 6) is 0.902. The lowest BCUT2D eigenvalue weighted by atomic mass is 10.3. The van der Waals surface area contributed by atoms with E-state index in [-0.39, 0.29) is 0 Å². The Labute approximate surface area is 92.9 Å². The largest absolute Gasteiger partial charge is 0.383 e. The van der Waals surface area contributed by atoms with Gasteiger partial charge in [0.05, 0.1) is 12.0 Å². The fourth-order valence-electron chi connectivity index (χ4n) is 1.33. The summed E-state index contributed by atoms with van der Waals surface area (Å²) >= 11 is 0. The molecule has 0 aliphatic heterocycles. The standard InChI is InChI=1S/C10H13N5O/c1-16-6-5-13-10-14-8(11)7-3-2-4-12-9(7)15-10/h2-4H,5-6H2,1H3,(H3,11,12,13,14,15). The van der Waals surface area contributed by atoms with E-state index in [1.807, 2.05) is 6.07 Å². The Morgan fingerprint density at radius 1 is 1.44 bits per heavy atom. The Morgan fingerprint density at radius 3 is 3.12 bits per heavy atom. The van der Waals surface area contributed by atoms with Crippen LogP contribution in [0.3, 0.4) is 0 Å². The van der Waals surface area contributed by atoms with E-state index in [0.29, 0.717) is 30.6 Å². The van der Waals surface area contributed by atoms with Crippen molar-refractivity contribution in [3.63, 3.8) is 0 Å². The molecular weight excluding hydrogens is 206 g/mol. The van der Waals surface area contributed by atoms with Gasteiger partial charge in [-0.25, -0.2) is 4.98 Å². The van der Waals surface area contributed by atoms with Crippen LogP contribution in [-0.2, 0) is 4.74 Å². The van der Waals surface area contributed by atoms with Gasteiger partial charge in [0, 0.05) is 19.9 Å². The van der Waals surface area contributed by atoms with Crippen LogP contribution in [0.5, 0.6) is 0 Å². The molecule has 0 radical (unpaired) electrons. The lowest BCUT2D eigenvalue weighted by molar-refractivity contribution is 0.210. The zero-order valence-corrected chi connectivity index (χ0v) is 8.97. The average Bonchev–Trinajstić information content (AvgIpc) is 2.30. The van der Waals surface area contributed by atoms with Gasteiger partial charge in [0.2, 0.25) is 5.95 Å². The van der Waals surface area contributed by atoms with E-state index >= 15 is 0 Å². The van der Waals surface area contributed by atoms with Crippen molar-refractivity contribution in [2.45, 2.75) is 0 Å². The number of ether oxygens (including phenoxy) is 1. The lowest BCUT2D eigenvalue weighted by Crippen LogP contribution is -2.11. The number of nitrogen functional groups attached to an aromatic ring is 1. The highest BCUT2D eigenvalue weighted by molar-refractivity contribution is 5.85. The Bertz CT molecular complexity index is 488. The first-order valence-corrected chi connectivity index (χ1v) is 4.92. The summed E-state index contributed by atoms with van der Waals surface area (Å²) in [6.07, 6.45) is 1.67. The van der Waals surface area contributed by atoms with Gasteiger partial charge in [0.1, 0.15) is 5.82 Å². The van der Waals surface area contributed by atoms with E-state index in [2.05, 4.69) is 20.3 Å². The minimum Gasteiger partial charge on any atom is -0.383 e. The van der Waals surface area contributed by atoms with Gasteiger partial charge in [-0.05, 0) is 12.1 Å². The van der Waals surface area contributed by atoms with E-state index in [1.165, 1.54) is 0 Å². The summed E-state index contributed by atoms with van der Waals surface area (Å²) in [7, 11) is 1.64. The quantitative estimate of drug-likeness (QED) is 0.735. The number of nitrogens with one attached hydrogen (secondary N) is 1. The van der Waals surface area contributed by atoms with E-state index in [9.17, 15) is 0 Å². The number of rotatable bonds is 4. The van der Waals surface area contributed by atoms with Gasteiger partial charge >= 0.3 is 0 Å². The van der Waals surface area contributed by atoms with Crippen molar-refractivity contribution in [2.75, 3.05) is 31.3 Å². The van der Waals surface area contributed by atoms with Gasteiger partial charge < -0.3 is 15.8 Å². The maximum Gasteiger partial charge on any atom is 0.226 e. The molecule has 0 aliphatic carbocycles. The Hall–Kier alpha value is -1.95. The molecule has 2 aromatic heterocycles. The van der Waals surface area contributed by atoms with Crippen LogP contribution in [0.15, 0.2) is 18.3 Å². The SMILES string of the molecule is COCCNc1nc(N)c2cccnc2n1. The third-order valence-electron chi connectivity index (χ3n) is 2.09. The average molecular weight is 219 g/mol. The fraction of sp³-hybridized carbons (Fsp3) is 0.300. The van der Waals surface area contributed by atoms with E-state index < -0.39 is 0 Å². The van der Waals surface area contributed by atoms with Crippen molar-refractivity contribution in [3.8, 4) is 0 Å². The molecule has 2 heterocycles. The second-order valence-corrected chi connectivity index (χ2v) is 3.23. The molecule has 84 valence electrons. The fourth-order valence-corrected chi connectivity index (χ4v) is 1.33. The molecule has 0 unspecified atom stereocenters. The van der Waals surface area contributed by atoms with Crippen LogP contribution in [0.1, 0.15) is 0 Å². The normalized spacial score (nSPS) is 10.6. The summed E-state index contributed by atoms with van der Waals surface area (Å²) in [6, 6.07) is 3.65. The second-order valence-electron chi connectivity index (χ2n) is 3.23. The number of fused-ring (bicyclic) bond motifs is 1. The zero-order valence-electron chi connectivity index (χ0n) is 8.97. The van der Waals surface area contributed by atoms with Crippen molar-refractivity contribution < 1.29 is 4.74 Å². The van der Waals surface area contributed by atoms with Crippen LogP contribution in [0.2, 0.25) is 0 Å². The number of hydrogen-bond donors (Lipinski definition) is 2. The smallest absolute Gasteiger partial charge is 0.226 e.